The number of nitrogens with two attached hydrogens (primary N) is 1. The minimum absolute atomic E-state index is 0.0578. The number of carbonyl (C=O) groups is 2. The van der Waals surface area contributed by atoms with Gasteiger partial charge in [0.05, 0.1) is 0 Å². The predicted octanol–water partition coefficient (Wildman–Crippen LogP) is -0.618. The van der Waals surface area contributed by atoms with Crippen molar-refractivity contribution >= 4 is 17.8 Å². The molecule has 2 unspecified atom stereocenters. The summed E-state index contributed by atoms with van der Waals surface area (Å²) in [4.78, 5) is 37.7. The zero-order chi connectivity index (χ0) is 20.4. The maximum atomic E-state index is 14.3. The van der Waals surface area contributed by atoms with Crippen molar-refractivity contribution in [3.8, 4) is 0 Å². The first-order chi connectivity index (χ1) is 12.5. The molecule has 1 aliphatic rings. The Balaban J connectivity index is 2.01. The standard InChI is InChI=1S/C15H17F2N3O7/c1-7(2)12(23)26-6-10(21)25-5-8-11(22)15(16,17)13(27-8)20-4-3-9(18)19-14(20)24/h3-4,8,11,13,22H,1,5-6H2,2H3,(H2,18,19,24)/t8?,11?,13-/m1/s1. The van der Waals surface area contributed by atoms with Gasteiger partial charge in [0.1, 0.15) is 18.5 Å². The summed E-state index contributed by atoms with van der Waals surface area (Å²) in [5, 5.41) is 9.77. The fraction of sp³-hybridized carbons (Fsp3) is 0.467. The summed E-state index contributed by atoms with van der Waals surface area (Å²) in [5.74, 6) is -5.91. The number of esters is 2. The second-order valence-corrected chi connectivity index (χ2v) is 5.73. The molecule has 0 bridgehead atoms. The van der Waals surface area contributed by atoms with E-state index in [1.807, 2.05) is 0 Å². The van der Waals surface area contributed by atoms with E-state index < -0.39 is 55.2 Å². The van der Waals surface area contributed by atoms with E-state index in [9.17, 15) is 28.3 Å². The van der Waals surface area contributed by atoms with Gasteiger partial charge in [-0.1, -0.05) is 6.58 Å². The molecule has 148 valence electrons. The lowest BCUT2D eigenvalue weighted by Gasteiger charge is -2.20. The number of alkyl halides is 2. The average molecular weight is 389 g/mol. The molecule has 1 fully saturated rings. The Morgan fingerprint density at radius 2 is 2.15 bits per heavy atom. The van der Waals surface area contributed by atoms with Crippen LogP contribution < -0.4 is 11.4 Å². The van der Waals surface area contributed by atoms with E-state index in [1.54, 1.807) is 0 Å². The topological polar surface area (TPSA) is 143 Å². The summed E-state index contributed by atoms with van der Waals surface area (Å²) in [6, 6.07) is 1.11. The molecule has 1 saturated heterocycles. The maximum Gasteiger partial charge on any atom is 0.351 e. The lowest BCUT2D eigenvalue weighted by Crippen LogP contribution is -2.42. The van der Waals surface area contributed by atoms with Crippen molar-refractivity contribution in [3.63, 3.8) is 0 Å². The van der Waals surface area contributed by atoms with Gasteiger partial charge in [-0.3, -0.25) is 4.57 Å². The van der Waals surface area contributed by atoms with Crippen molar-refractivity contribution in [1.82, 2.24) is 9.55 Å². The number of halogens is 2. The van der Waals surface area contributed by atoms with Gasteiger partial charge in [-0.25, -0.2) is 14.4 Å². The number of ether oxygens (including phenoxy) is 3. The zero-order valence-corrected chi connectivity index (χ0v) is 14.1. The van der Waals surface area contributed by atoms with Crippen molar-refractivity contribution in [2.45, 2.75) is 31.3 Å². The van der Waals surface area contributed by atoms with E-state index in [2.05, 4.69) is 21.0 Å². The van der Waals surface area contributed by atoms with Crippen LogP contribution in [0, 0.1) is 0 Å². The van der Waals surface area contributed by atoms with Gasteiger partial charge in [0.25, 0.3) is 0 Å². The molecule has 0 aliphatic carbocycles. The number of nitrogens with zero attached hydrogens (tertiary/aromatic N) is 2. The Hall–Kier alpha value is -2.86. The number of hydrogen-bond acceptors (Lipinski definition) is 9. The van der Waals surface area contributed by atoms with Crippen molar-refractivity contribution in [1.29, 1.82) is 0 Å². The lowest BCUT2D eigenvalue weighted by molar-refractivity contribution is -0.161. The quantitative estimate of drug-likeness (QED) is 0.481. The van der Waals surface area contributed by atoms with E-state index in [4.69, 9.17) is 10.5 Å². The lowest BCUT2D eigenvalue weighted by atomic mass is 10.1. The number of rotatable bonds is 6. The highest BCUT2D eigenvalue weighted by Gasteiger charge is 2.60. The van der Waals surface area contributed by atoms with Crippen molar-refractivity contribution in [3.05, 3.63) is 34.9 Å². The third-order valence-corrected chi connectivity index (χ3v) is 3.56. The second kappa shape index (κ2) is 7.80. The summed E-state index contributed by atoms with van der Waals surface area (Å²) in [6.45, 7) is 3.16. The van der Waals surface area contributed by atoms with Crippen LogP contribution >= 0.6 is 0 Å². The number of carbonyl (C=O) groups excluding carboxylic acids is 2. The molecular weight excluding hydrogens is 372 g/mol. The van der Waals surface area contributed by atoms with Gasteiger partial charge in [-0.05, 0) is 13.0 Å². The zero-order valence-electron chi connectivity index (χ0n) is 14.1. The fourth-order valence-corrected chi connectivity index (χ4v) is 2.17. The number of aliphatic hydroxyl groups excluding tert-OH is 1. The molecule has 10 nitrogen and oxygen atoms in total. The van der Waals surface area contributed by atoms with Gasteiger partial charge in [0, 0.05) is 11.8 Å². The summed E-state index contributed by atoms with van der Waals surface area (Å²) in [6.07, 6.45) is -5.22. The Morgan fingerprint density at radius 3 is 2.74 bits per heavy atom. The smallest absolute Gasteiger partial charge is 0.351 e. The van der Waals surface area contributed by atoms with Crippen LogP contribution in [0.25, 0.3) is 0 Å². The second-order valence-electron chi connectivity index (χ2n) is 5.73. The number of aromatic nitrogens is 2. The van der Waals surface area contributed by atoms with Gasteiger partial charge in [0.2, 0.25) is 6.23 Å². The molecule has 2 heterocycles. The molecule has 0 amide bonds. The molecular formula is C15H17F2N3O7. The molecule has 0 spiro atoms. The first-order valence-electron chi connectivity index (χ1n) is 7.58. The monoisotopic (exact) mass is 389 g/mol. The van der Waals surface area contributed by atoms with E-state index in [0.717, 1.165) is 12.3 Å². The maximum absolute atomic E-state index is 14.3. The molecule has 2 rings (SSSR count). The van der Waals surface area contributed by atoms with Gasteiger partial charge in [-0.15, -0.1) is 0 Å². The summed E-state index contributed by atoms with van der Waals surface area (Å²) in [7, 11) is 0. The summed E-state index contributed by atoms with van der Waals surface area (Å²) in [5.41, 5.74) is 4.25. The Labute approximate surface area is 151 Å². The average Bonchev–Trinajstić information content (AvgIpc) is 2.81. The number of hydrogen-bond donors (Lipinski definition) is 2. The van der Waals surface area contributed by atoms with Gasteiger partial charge < -0.3 is 25.1 Å². The van der Waals surface area contributed by atoms with Crippen LogP contribution in [0.5, 0.6) is 0 Å². The molecule has 1 aromatic heterocycles. The highest BCUT2D eigenvalue weighted by atomic mass is 19.3. The first kappa shape index (κ1) is 20.5. The SMILES string of the molecule is C=C(C)C(=O)OCC(=O)OCC1O[C@@H](n2ccc(N)nc2=O)C(F)(F)C1O. The Morgan fingerprint density at radius 1 is 1.48 bits per heavy atom. The summed E-state index contributed by atoms with van der Waals surface area (Å²) < 4.78 is 43.2. The highest BCUT2D eigenvalue weighted by Crippen LogP contribution is 2.42. The van der Waals surface area contributed by atoms with Crippen LogP contribution in [0.4, 0.5) is 14.6 Å². The largest absolute Gasteiger partial charge is 0.460 e. The van der Waals surface area contributed by atoms with E-state index >= 15 is 0 Å². The molecule has 3 atom stereocenters. The fourth-order valence-electron chi connectivity index (χ4n) is 2.17. The number of nitrogen functional groups attached to an aromatic ring is 1. The minimum Gasteiger partial charge on any atom is -0.460 e. The Bertz CT molecular complexity index is 811. The van der Waals surface area contributed by atoms with Crippen molar-refractivity contribution in [2.75, 3.05) is 18.9 Å². The third kappa shape index (κ3) is 4.46. The molecule has 1 aliphatic heterocycles. The normalized spacial score (nSPS) is 23.6. The highest BCUT2D eigenvalue weighted by molar-refractivity contribution is 5.88. The summed E-state index contributed by atoms with van der Waals surface area (Å²) >= 11 is 0. The van der Waals surface area contributed by atoms with Crippen LogP contribution in [-0.2, 0) is 23.8 Å². The van der Waals surface area contributed by atoms with Crippen LogP contribution in [0.3, 0.4) is 0 Å². The molecule has 0 saturated carbocycles. The molecule has 1 aromatic rings. The minimum atomic E-state index is -3.87. The first-order valence-corrected chi connectivity index (χ1v) is 7.58. The van der Waals surface area contributed by atoms with Gasteiger partial charge >= 0.3 is 23.6 Å². The van der Waals surface area contributed by atoms with Crippen molar-refractivity contribution in [2.24, 2.45) is 0 Å². The predicted molar refractivity (Wildman–Crippen MR) is 84.5 cm³/mol. The van der Waals surface area contributed by atoms with Crippen LogP contribution in [0.1, 0.15) is 13.2 Å². The molecule has 12 heteroatoms. The molecule has 0 radical (unpaired) electrons. The van der Waals surface area contributed by atoms with E-state index in [0.29, 0.717) is 4.57 Å². The van der Waals surface area contributed by atoms with Crippen LogP contribution in [0.2, 0.25) is 0 Å². The van der Waals surface area contributed by atoms with E-state index in [1.165, 1.54) is 6.92 Å². The number of anilines is 1. The Kier molecular flexibility index (Phi) is 5.91. The van der Waals surface area contributed by atoms with Crippen LogP contribution in [0.15, 0.2) is 29.2 Å². The van der Waals surface area contributed by atoms with Crippen LogP contribution in [-0.4, -0.2) is 57.9 Å². The molecule has 3 N–H and O–H groups in total. The van der Waals surface area contributed by atoms with Gasteiger partial charge in [0.15, 0.2) is 12.7 Å². The van der Waals surface area contributed by atoms with Crippen molar-refractivity contribution < 1.29 is 37.7 Å². The molecule has 27 heavy (non-hydrogen) atoms. The third-order valence-electron chi connectivity index (χ3n) is 3.56. The molecule has 0 aromatic carbocycles. The van der Waals surface area contributed by atoms with Gasteiger partial charge in [-0.2, -0.15) is 13.8 Å². The number of aliphatic hydroxyl groups is 1. The van der Waals surface area contributed by atoms with E-state index in [-0.39, 0.29) is 11.4 Å².